The van der Waals surface area contributed by atoms with Crippen molar-refractivity contribution >= 4 is 18.0 Å². The number of methoxy groups -OCH3 is 1. The first-order valence-corrected chi connectivity index (χ1v) is 4.98. The summed E-state index contributed by atoms with van der Waals surface area (Å²) in [5.74, 6) is -1.09. The lowest BCUT2D eigenvalue weighted by molar-refractivity contribution is -0.134. The molecule has 1 heterocycles. The molecule has 0 bridgehead atoms. The van der Waals surface area contributed by atoms with E-state index < -0.39 is 11.9 Å². The largest absolute Gasteiger partial charge is 0.466 e. The SMILES string of the molecule is COC(=O)/C=C/c1ccc2c(c1)CN(F)C2=O. The van der Waals surface area contributed by atoms with Crippen LogP contribution < -0.4 is 0 Å². The molecular formula is C12H10FNO3. The second kappa shape index (κ2) is 4.37. The summed E-state index contributed by atoms with van der Waals surface area (Å²) >= 11 is 0. The van der Waals surface area contributed by atoms with Crippen molar-refractivity contribution in [2.45, 2.75) is 6.54 Å². The quantitative estimate of drug-likeness (QED) is 0.445. The highest BCUT2D eigenvalue weighted by molar-refractivity contribution is 5.98. The van der Waals surface area contributed by atoms with Gasteiger partial charge in [0.05, 0.1) is 13.7 Å². The van der Waals surface area contributed by atoms with Gasteiger partial charge in [0.15, 0.2) is 0 Å². The minimum absolute atomic E-state index is 0.0475. The summed E-state index contributed by atoms with van der Waals surface area (Å²) < 4.78 is 17.5. The van der Waals surface area contributed by atoms with Crippen molar-refractivity contribution in [1.29, 1.82) is 0 Å². The maximum absolute atomic E-state index is 13.0. The van der Waals surface area contributed by atoms with Gasteiger partial charge in [-0.2, -0.15) is 5.12 Å². The lowest BCUT2D eigenvalue weighted by atomic mass is 10.1. The number of carbonyl (C=O) groups is 2. The van der Waals surface area contributed by atoms with Crippen molar-refractivity contribution in [3.05, 3.63) is 41.0 Å². The van der Waals surface area contributed by atoms with E-state index in [1.165, 1.54) is 13.2 Å². The van der Waals surface area contributed by atoms with Crippen LogP contribution in [0.1, 0.15) is 21.5 Å². The maximum atomic E-state index is 13.0. The zero-order valence-corrected chi connectivity index (χ0v) is 9.14. The minimum Gasteiger partial charge on any atom is -0.466 e. The molecule has 0 spiro atoms. The van der Waals surface area contributed by atoms with E-state index in [-0.39, 0.29) is 11.7 Å². The normalized spacial score (nSPS) is 14.2. The average molecular weight is 235 g/mol. The van der Waals surface area contributed by atoms with Crippen LogP contribution in [0, 0.1) is 0 Å². The van der Waals surface area contributed by atoms with Crippen molar-refractivity contribution in [1.82, 2.24) is 5.12 Å². The van der Waals surface area contributed by atoms with E-state index in [1.807, 2.05) is 0 Å². The van der Waals surface area contributed by atoms with E-state index in [9.17, 15) is 14.1 Å². The Balaban J connectivity index is 2.25. The molecular weight excluding hydrogens is 225 g/mol. The molecule has 1 aliphatic heterocycles. The number of hydrogen-bond acceptors (Lipinski definition) is 3. The Morgan fingerprint density at radius 2 is 2.29 bits per heavy atom. The lowest BCUT2D eigenvalue weighted by Gasteiger charge is -1.97. The molecule has 1 amide bonds. The van der Waals surface area contributed by atoms with Gasteiger partial charge in [-0.25, -0.2) is 4.79 Å². The molecule has 0 atom stereocenters. The standard InChI is InChI=1S/C12H10FNO3/c1-17-11(15)5-3-8-2-4-10-9(6-8)7-14(13)12(10)16/h2-6H,7H2,1H3/b5-3+. The van der Waals surface area contributed by atoms with Crippen LogP contribution in [0.3, 0.4) is 0 Å². The fourth-order valence-corrected chi connectivity index (χ4v) is 1.64. The third-order valence-electron chi connectivity index (χ3n) is 2.50. The number of amides is 1. The number of fused-ring (bicyclic) bond motifs is 1. The highest BCUT2D eigenvalue weighted by Crippen LogP contribution is 2.24. The second-order valence-corrected chi connectivity index (χ2v) is 3.60. The van der Waals surface area contributed by atoms with Gasteiger partial charge in [-0.05, 0) is 29.3 Å². The Bertz CT molecular complexity index is 510. The van der Waals surface area contributed by atoms with Gasteiger partial charge in [0.1, 0.15) is 0 Å². The summed E-state index contributed by atoms with van der Waals surface area (Å²) in [5.41, 5.74) is 1.70. The topological polar surface area (TPSA) is 46.6 Å². The van der Waals surface area contributed by atoms with Crippen molar-refractivity contribution in [3.8, 4) is 0 Å². The molecule has 0 saturated carbocycles. The molecule has 0 fully saturated rings. The number of carbonyl (C=O) groups excluding carboxylic acids is 2. The number of halogens is 1. The molecule has 1 aliphatic rings. The van der Waals surface area contributed by atoms with E-state index in [0.29, 0.717) is 11.1 Å². The molecule has 0 radical (unpaired) electrons. The lowest BCUT2D eigenvalue weighted by Crippen LogP contribution is -2.12. The van der Waals surface area contributed by atoms with Crippen LogP contribution in [0.4, 0.5) is 4.48 Å². The number of rotatable bonds is 2. The van der Waals surface area contributed by atoms with Crippen LogP contribution in [-0.4, -0.2) is 24.1 Å². The van der Waals surface area contributed by atoms with E-state index in [0.717, 1.165) is 5.56 Å². The highest BCUT2D eigenvalue weighted by atomic mass is 19.2. The molecule has 0 unspecified atom stereocenters. The minimum atomic E-state index is -0.622. The van der Waals surface area contributed by atoms with Crippen molar-refractivity contribution in [3.63, 3.8) is 0 Å². The Kier molecular flexibility index (Phi) is 2.91. The van der Waals surface area contributed by atoms with Crippen LogP contribution in [0.15, 0.2) is 24.3 Å². The molecule has 0 aliphatic carbocycles. The summed E-state index contributed by atoms with van der Waals surface area (Å²) in [6.45, 7) is -0.0475. The van der Waals surface area contributed by atoms with Gasteiger partial charge in [0.2, 0.25) is 0 Å². The molecule has 2 rings (SSSR count). The molecule has 0 N–H and O–H groups in total. The van der Waals surface area contributed by atoms with Crippen molar-refractivity contribution in [2.24, 2.45) is 0 Å². The van der Waals surface area contributed by atoms with Gasteiger partial charge in [-0.3, -0.25) is 4.79 Å². The first-order valence-electron chi connectivity index (χ1n) is 4.98. The van der Waals surface area contributed by atoms with E-state index in [4.69, 9.17) is 0 Å². The number of hydrogen-bond donors (Lipinski definition) is 0. The maximum Gasteiger partial charge on any atom is 0.330 e. The zero-order chi connectivity index (χ0) is 12.4. The monoisotopic (exact) mass is 235 g/mol. The molecule has 5 heteroatoms. The summed E-state index contributed by atoms with van der Waals surface area (Å²) in [6.07, 6.45) is 2.82. The van der Waals surface area contributed by atoms with Gasteiger partial charge in [-0.15, -0.1) is 0 Å². The summed E-state index contributed by atoms with van der Waals surface area (Å²) in [7, 11) is 1.29. The summed E-state index contributed by atoms with van der Waals surface area (Å²) in [5, 5.41) is 0.165. The summed E-state index contributed by atoms with van der Waals surface area (Å²) in [4.78, 5) is 22.2. The van der Waals surface area contributed by atoms with Gasteiger partial charge >= 0.3 is 5.97 Å². The zero-order valence-electron chi connectivity index (χ0n) is 9.14. The van der Waals surface area contributed by atoms with E-state index in [1.54, 1.807) is 24.3 Å². The number of esters is 1. The molecule has 1 aromatic carbocycles. The van der Waals surface area contributed by atoms with Crippen LogP contribution in [-0.2, 0) is 16.1 Å². The summed E-state index contributed by atoms with van der Waals surface area (Å²) in [6, 6.07) is 4.87. The molecule has 17 heavy (non-hydrogen) atoms. The second-order valence-electron chi connectivity index (χ2n) is 3.60. The Morgan fingerprint density at radius 3 is 3.00 bits per heavy atom. The van der Waals surface area contributed by atoms with Gasteiger partial charge in [0.25, 0.3) is 5.91 Å². The van der Waals surface area contributed by atoms with Crippen molar-refractivity contribution < 1.29 is 18.8 Å². The molecule has 88 valence electrons. The molecule has 0 aromatic heterocycles. The smallest absolute Gasteiger partial charge is 0.330 e. The molecule has 1 aromatic rings. The Morgan fingerprint density at radius 1 is 1.53 bits per heavy atom. The van der Waals surface area contributed by atoms with E-state index in [2.05, 4.69) is 4.74 Å². The predicted molar refractivity (Wildman–Crippen MR) is 58.5 cm³/mol. The predicted octanol–water partition coefficient (Wildman–Crippen LogP) is 1.71. The average Bonchev–Trinajstić information content (AvgIpc) is 2.62. The molecule has 0 saturated heterocycles. The van der Waals surface area contributed by atoms with Crippen LogP contribution in [0.2, 0.25) is 0 Å². The molecule has 4 nitrogen and oxygen atoms in total. The third kappa shape index (κ3) is 2.18. The fraction of sp³-hybridized carbons (Fsp3) is 0.167. The Labute approximate surface area is 97.2 Å². The first-order chi connectivity index (χ1) is 8.11. The fourth-order valence-electron chi connectivity index (χ4n) is 1.64. The van der Waals surface area contributed by atoms with E-state index >= 15 is 0 Å². The Hall–Kier alpha value is -2.17. The number of benzene rings is 1. The third-order valence-corrected chi connectivity index (χ3v) is 2.50. The first kappa shape index (κ1) is 11.3. The van der Waals surface area contributed by atoms with Crippen LogP contribution in [0.25, 0.3) is 6.08 Å². The van der Waals surface area contributed by atoms with Gasteiger partial charge in [0, 0.05) is 11.6 Å². The van der Waals surface area contributed by atoms with Gasteiger partial charge in [-0.1, -0.05) is 10.5 Å². The van der Waals surface area contributed by atoms with Crippen molar-refractivity contribution in [2.75, 3.05) is 7.11 Å². The van der Waals surface area contributed by atoms with Gasteiger partial charge < -0.3 is 4.74 Å². The van der Waals surface area contributed by atoms with Crippen LogP contribution >= 0.6 is 0 Å². The van der Waals surface area contributed by atoms with Crippen LogP contribution in [0.5, 0.6) is 0 Å². The number of ether oxygens (including phenoxy) is 1. The highest BCUT2D eigenvalue weighted by Gasteiger charge is 2.27. The number of nitrogens with zero attached hydrogens (tertiary/aromatic N) is 1.